The highest BCUT2D eigenvalue weighted by Gasteiger charge is 2.44. The zero-order chi connectivity index (χ0) is 20.1. The Bertz CT molecular complexity index is 939. The average molecular weight is 404 g/mol. The highest BCUT2D eigenvalue weighted by Crippen LogP contribution is 2.33. The number of thiazole rings is 1. The number of amides is 4. The van der Waals surface area contributed by atoms with E-state index in [4.69, 9.17) is 4.98 Å². The molecular formula is C19H25N5O3S. The van der Waals surface area contributed by atoms with E-state index in [0.29, 0.717) is 19.0 Å². The number of nitrogens with one attached hydrogen (secondary N) is 1. The second-order valence-corrected chi connectivity index (χ2v) is 8.93. The van der Waals surface area contributed by atoms with Crippen LogP contribution < -0.4 is 5.32 Å². The number of likely N-dealkylation sites (tertiary alicyclic amines) is 1. The number of carbonyl (C=O) groups excluding carboxylic acids is 3. The van der Waals surface area contributed by atoms with Gasteiger partial charge in [0.1, 0.15) is 16.2 Å². The van der Waals surface area contributed by atoms with Crippen molar-refractivity contribution in [3.05, 3.63) is 23.1 Å². The Morgan fingerprint density at radius 3 is 2.68 bits per heavy atom. The van der Waals surface area contributed by atoms with Crippen molar-refractivity contribution in [2.45, 2.75) is 51.5 Å². The van der Waals surface area contributed by atoms with Crippen molar-refractivity contribution >= 4 is 34.0 Å². The molecule has 0 saturated carbocycles. The number of nitrogens with zero attached hydrogens (tertiary/aromatic N) is 4. The van der Waals surface area contributed by atoms with Crippen molar-refractivity contribution in [1.29, 1.82) is 0 Å². The Hall–Kier alpha value is -2.42. The fourth-order valence-corrected chi connectivity index (χ4v) is 5.00. The largest absolute Gasteiger partial charge is 0.343 e. The number of carbonyl (C=O) groups is 3. The van der Waals surface area contributed by atoms with Gasteiger partial charge in [-0.25, -0.2) is 9.78 Å². The molecule has 28 heavy (non-hydrogen) atoms. The van der Waals surface area contributed by atoms with Gasteiger partial charge in [0.05, 0.1) is 5.69 Å². The van der Waals surface area contributed by atoms with Crippen LogP contribution >= 0.6 is 11.3 Å². The summed E-state index contributed by atoms with van der Waals surface area (Å²) in [5.41, 5.74) is 0.245. The molecule has 0 atom stereocenters. The Morgan fingerprint density at radius 1 is 1.32 bits per heavy atom. The second-order valence-electron chi connectivity index (χ2n) is 8.04. The highest BCUT2D eigenvalue weighted by atomic mass is 32.1. The van der Waals surface area contributed by atoms with E-state index in [-0.39, 0.29) is 24.8 Å². The van der Waals surface area contributed by atoms with E-state index < -0.39 is 11.6 Å². The molecule has 0 bridgehead atoms. The van der Waals surface area contributed by atoms with Crippen molar-refractivity contribution in [2.24, 2.45) is 0 Å². The van der Waals surface area contributed by atoms with Gasteiger partial charge in [0.25, 0.3) is 5.91 Å². The molecule has 8 nitrogen and oxygen atoms in total. The lowest BCUT2D eigenvalue weighted by atomic mass is 9.94. The fraction of sp³-hybridized carbons (Fsp3) is 0.579. The van der Waals surface area contributed by atoms with E-state index in [1.165, 1.54) is 4.83 Å². The minimum absolute atomic E-state index is 0.00829. The molecular weight excluding hydrogens is 378 g/mol. The molecule has 1 N–H and O–H groups in total. The zero-order valence-electron chi connectivity index (χ0n) is 16.4. The van der Waals surface area contributed by atoms with Gasteiger partial charge in [0, 0.05) is 43.5 Å². The van der Waals surface area contributed by atoms with E-state index in [0.717, 1.165) is 29.3 Å². The molecule has 2 fully saturated rings. The summed E-state index contributed by atoms with van der Waals surface area (Å²) < 4.78 is 2.12. The molecule has 0 aliphatic carbocycles. The Morgan fingerprint density at radius 2 is 2.04 bits per heavy atom. The second kappa shape index (κ2) is 6.88. The summed E-state index contributed by atoms with van der Waals surface area (Å²) in [4.78, 5) is 45.7. The normalized spacial score (nSPS) is 20.2. The topological polar surface area (TPSA) is 87.0 Å². The summed E-state index contributed by atoms with van der Waals surface area (Å²) in [6.45, 7) is 6.84. The van der Waals surface area contributed by atoms with Gasteiger partial charge in [-0.2, -0.15) is 0 Å². The Kier molecular flexibility index (Phi) is 4.65. The number of piperidine rings is 1. The summed E-state index contributed by atoms with van der Waals surface area (Å²) in [5.74, 6) is 1.07. The maximum atomic E-state index is 12.6. The molecule has 4 rings (SSSR count). The number of aryl methyl sites for hydroxylation is 1. The van der Waals surface area contributed by atoms with Gasteiger partial charge in [-0.1, -0.05) is 0 Å². The van der Waals surface area contributed by atoms with E-state index in [1.54, 1.807) is 25.2 Å². The third-order valence-corrected chi connectivity index (χ3v) is 6.57. The number of urea groups is 1. The molecule has 4 heterocycles. The first-order valence-electron chi connectivity index (χ1n) is 9.62. The quantitative estimate of drug-likeness (QED) is 0.793. The van der Waals surface area contributed by atoms with Crippen LogP contribution in [-0.4, -0.2) is 62.2 Å². The molecule has 2 aromatic rings. The maximum Gasteiger partial charge on any atom is 0.325 e. The van der Waals surface area contributed by atoms with Crippen LogP contribution in [0.15, 0.2) is 11.6 Å². The first-order chi connectivity index (χ1) is 13.3. The van der Waals surface area contributed by atoms with Gasteiger partial charge in [-0.15, -0.1) is 11.3 Å². The summed E-state index contributed by atoms with van der Waals surface area (Å²) in [6.07, 6.45) is 3.97. The van der Waals surface area contributed by atoms with Crippen LogP contribution in [0.3, 0.4) is 0 Å². The van der Waals surface area contributed by atoms with Gasteiger partial charge in [0.15, 0.2) is 0 Å². The molecule has 2 aliphatic heterocycles. The number of hydrogen-bond acceptors (Lipinski definition) is 5. The summed E-state index contributed by atoms with van der Waals surface area (Å²) in [7, 11) is 0. The number of aromatic nitrogens is 2. The number of hydrogen-bond donors (Lipinski definition) is 1. The molecule has 150 valence electrons. The van der Waals surface area contributed by atoms with Crippen LogP contribution in [0.4, 0.5) is 4.79 Å². The molecule has 2 aliphatic rings. The molecule has 2 aromatic heterocycles. The Balaban J connectivity index is 1.33. The van der Waals surface area contributed by atoms with Crippen molar-refractivity contribution in [3.8, 4) is 0 Å². The molecule has 4 amide bonds. The number of imidazole rings is 1. The summed E-state index contributed by atoms with van der Waals surface area (Å²) >= 11 is 1.70. The summed E-state index contributed by atoms with van der Waals surface area (Å²) in [6, 6.07) is -0.420. The standard InChI is InChI=1S/C19H25N5O3S/c1-12-20-15(16-23(12)10-11-28-16)13-4-7-22(8-5-13)14(25)6-9-24-17(26)19(2,3)21-18(24)27/h10-11,13H,4-9H2,1-3H3,(H,21,27). The van der Waals surface area contributed by atoms with Crippen LogP contribution in [0.5, 0.6) is 0 Å². The van der Waals surface area contributed by atoms with E-state index in [9.17, 15) is 14.4 Å². The molecule has 2 saturated heterocycles. The van der Waals surface area contributed by atoms with Crippen molar-refractivity contribution in [1.82, 2.24) is 24.5 Å². The molecule has 9 heteroatoms. The van der Waals surface area contributed by atoms with Crippen LogP contribution in [0.1, 0.15) is 50.5 Å². The fourth-order valence-electron chi connectivity index (χ4n) is 4.05. The highest BCUT2D eigenvalue weighted by molar-refractivity contribution is 7.15. The lowest BCUT2D eigenvalue weighted by Crippen LogP contribution is -2.42. The predicted molar refractivity (Wildman–Crippen MR) is 105 cm³/mol. The average Bonchev–Trinajstić information content (AvgIpc) is 3.30. The van der Waals surface area contributed by atoms with E-state index >= 15 is 0 Å². The lowest BCUT2D eigenvalue weighted by molar-refractivity contribution is -0.134. The van der Waals surface area contributed by atoms with Gasteiger partial charge < -0.3 is 10.2 Å². The van der Waals surface area contributed by atoms with Crippen molar-refractivity contribution in [2.75, 3.05) is 19.6 Å². The van der Waals surface area contributed by atoms with Crippen LogP contribution in [0.25, 0.3) is 4.83 Å². The van der Waals surface area contributed by atoms with Gasteiger partial charge in [-0.3, -0.25) is 18.9 Å². The summed E-state index contributed by atoms with van der Waals surface area (Å²) in [5, 5.41) is 4.71. The predicted octanol–water partition coefficient (Wildman–Crippen LogP) is 2.13. The van der Waals surface area contributed by atoms with Crippen molar-refractivity contribution < 1.29 is 14.4 Å². The smallest absolute Gasteiger partial charge is 0.325 e. The number of fused-ring (bicyclic) bond motifs is 1. The van der Waals surface area contributed by atoms with Gasteiger partial charge in [-0.05, 0) is 33.6 Å². The first-order valence-corrected chi connectivity index (χ1v) is 10.5. The third kappa shape index (κ3) is 3.17. The van der Waals surface area contributed by atoms with Gasteiger partial charge in [0.2, 0.25) is 5.91 Å². The van der Waals surface area contributed by atoms with Gasteiger partial charge >= 0.3 is 6.03 Å². The molecule has 0 spiro atoms. The monoisotopic (exact) mass is 403 g/mol. The number of rotatable bonds is 4. The third-order valence-electron chi connectivity index (χ3n) is 5.69. The number of imide groups is 1. The molecule has 0 unspecified atom stereocenters. The Labute approximate surface area is 167 Å². The first kappa shape index (κ1) is 18.9. The lowest BCUT2D eigenvalue weighted by Gasteiger charge is -2.31. The minimum Gasteiger partial charge on any atom is -0.343 e. The van der Waals surface area contributed by atoms with E-state index in [1.807, 2.05) is 18.0 Å². The van der Waals surface area contributed by atoms with Crippen LogP contribution in [0.2, 0.25) is 0 Å². The zero-order valence-corrected chi connectivity index (χ0v) is 17.2. The van der Waals surface area contributed by atoms with Crippen LogP contribution in [-0.2, 0) is 9.59 Å². The minimum atomic E-state index is -0.895. The maximum absolute atomic E-state index is 12.6. The van der Waals surface area contributed by atoms with E-state index in [2.05, 4.69) is 15.1 Å². The van der Waals surface area contributed by atoms with Crippen LogP contribution in [0, 0.1) is 6.92 Å². The molecule has 0 radical (unpaired) electrons. The SMILES string of the molecule is Cc1nc(C2CCN(C(=O)CCN3C(=O)NC(C)(C)C3=O)CC2)c2sccn12. The van der Waals surface area contributed by atoms with Crippen molar-refractivity contribution in [3.63, 3.8) is 0 Å². The molecule has 0 aromatic carbocycles.